The molecule has 1 atom stereocenters. The Labute approximate surface area is 131 Å². The van der Waals surface area contributed by atoms with E-state index in [2.05, 4.69) is 27.8 Å². The van der Waals surface area contributed by atoms with Crippen LogP contribution in [0.2, 0.25) is 0 Å². The number of aromatic nitrogens is 1. The van der Waals surface area contributed by atoms with Crippen LogP contribution in [-0.4, -0.2) is 21.8 Å². The minimum Gasteiger partial charge on any atom is -0.491 e. The minimum atomic E-state index is -0.397. The molecule has 1 heterocycles. The fraction of sp³-hybridized carbons (Fsp3) is 0.400. The van der Waals surface area contributed by atoms with E-state index in [1.54, 1.807) is 24.4 Å². The Morgan fingerprint density at radius 2 is 2.19 bits per heavy atom. The number of pyridine rings is 1. The van der Waals surface area contributed by atoms with E-state index in [-0.39, 0.29) is 5.69 Å². The average molecular weight is 353 g/mol. The normalized spacial score (nSPS) is 12.3. The first-order valence-corrected chi connectivity index (χ1v) is 7.96. The predicted molar refractivity (Wildman–Crippen MR) is 86.1 cm³/mol. The van der Waals surface area contributed by atoms with Gasteiger partial charge in [-0.05, 0) is 37.0 Å². The summed E-state index contributed by atoms with van der Waals surface area (Å²) in [6, 6.07) is 6.49. The zero-order chi connectivity index (χ0) is 15.2. The molecule has 1 aromatic heterocycles. The maximum atomic E-state index is 11.0. The smallest absolute Gasteiger partial charge is 0.279 e. The molecule has 0 aliphatic heterocycles. The number of rotatable bonds is 7. The van der Waals surface area contributed by atoms with E-state index < -0.39 is 4.92 Å². The first-order valence-electron chi connectivity index (χ1n) is 6.84. The van der Waals surface area contributed by atoms with Gasteiger partial charge in [-0.3, -0.25) is 15.1 Å². The molecule has 5 nitrogen and oxygen atoms in total. The van der Waals surface area contributed by atoms with Crippen LogP contribution in [0, 0.1) is 16.0 Å². The summed E-state index contributed by atoms with van der Waals surface area (Å²) in [6.07, 6.45) is 3.66. The van der Waals surface area contributed by atoms with Gasteiger partial charge < -0.3 is 4.74 Å². The van der Waals surface area contributed by atoms with E-state index in [9.17, 15) is 10.1 Å². The Morgan fingerprint density at radius 3 is 2.90 bits per heavy atom. The van der Waals surface area contributed by atoms with E-state index in [1.807, 2.05) is 0 Å². The van der Waals surface area contributed by atoms with Crippen molar-refractivity contribution in [2.45, 2.75) is 19.8 Å². The number of nitro benzene ring substituents is 1. The number of nitro groups is 1. The van der Waals surface area contributed by atoms with Crippen molar-refractivity contribution in [2.24, 2.45) is 5.92 Å². The lowest BCUT2D eigenvalue weighted by Gasteiger charge is -2.12. The summed E-state index contributed by atoms with van der Waals surface area (Å²) in [5.41, 5.74) is 0.595. The van der Waals surface area contributed by atoms with Crippen molar-refractivity contribution in [3.05, 3.63) is 40.6 Å². The molecule has 0 N–H and O–H groups in total. The number of benzene rings is 1. The summed E-state index contributed by atoms with van der Waals surface area (Å²) in [4.78, 5) is 14.9. The predicted octanol–water partition coefficient (Wildman–Crippen LogP) is 4.33. The molecule has 112 valence electrons. The quantitative estimate of drug-likeness (QED) is 0.422. The molecular formula is C15H17BrN2O3. The number of non-ortho nitro benzene ring substituents is 1. The molecule has 21 heavy (non-hydrogen) atoms. The number of ether oxygens (including phenoxy) is 1. The second-order valence-electron chi connectivity index (χ2n) is 4.96. The number of hydrogen-bond acceptors (Lipinski definition) is 4. The molecule has 6 heteroatoms. The Bertz CT molecular complexity index is 633. The number of nitrogens with zero attached hydrogens (tertiary/aromatic N) is 2. The van der Waals surface area contributed by atoms with Crippen molar-refractivity contribution in [1.29, 1.82) is 0 Å². The Morgan fingerprint density at radius 1 is 1.38 bits per heavy atom. The van der Waals surface area contributed by atoms with Crippen molar-refractivity contribution >= 4 is 32.5 Å². The van der Waals surface area contributed by atoms with Crippen molar-refractivity contribution in [3.8, 4) is 5.75 Å². The molecule has 0 spiro atoms. The number of alkyl halides is 1. The van der Waals surface area contributed by atoms with Crippen LogP contribution in [0.5, 0.6) is 5.75 Å². The Kier molecular flexibility index (Phi) is 5.50. The van der Waals surface area contributed by atoms with Crippen molar-refractivity contribution in [3.63, 3.8) is 0 Å². The minimum absolute atomic E-state index is 0.0538. The zero-order valence-electron chi connectivity index (χ0n) is 11.8. The molecule has 0 aliphatic carbocycles. The summed E-state index contributed by atoms with van der Waals surface area (Å²) in [5.74, 6) is 1.17. The van der Waals surface area contributed by atoms with Gasteiger partial charge in [-0.1, -0.05) is 22.9 Å². The van der Waals surface area contributed by atoms with Crippen LogP contribution >= 0.6 is 15.9 Å². The summed E-state index contributed by atoms with van der Waals surface area (Å²) in [7, 11) is 0. The molecule has 2 aromatic rings. The van der Waals surface area contributed by atoms with Crippen molar-refractivity contribution in [1.82, 2.24) is 4.98 Å². The lowest BCUT2D eigenvalue weighted by atomic mass is 10.1. The summed E-state index contributed by atoms with van der Waals surface area (Å²) >= 11 is 3.43. The number of halogens is 1. The fourth-order valence-corrected chi connectivity index (χ4v) is 2.89. The van der Waals surface area contributed by atoms with Crippen LogP contribution in [-0.2, 0) is 0 Å². The molecule has 1 aromatic carbocycles. The monoisotopic (exact) mass is 352 g/mol. The van der Waals surface area contributed by atoms with Gasteiger partial charge >= 0.3 is 0 Å². The van der Waals surface area contributed by atoms with Gasteiger partial charge in [0, 0.05) is 17.6 Å². The molecule has 0 saturated heterocycles. The maximum Gasteiger partial charge on any atom is 0.279 e. The molecule has 0 aliphatic rings. The van der Waals surface area contributed by atoms with Gasteiger partial charge in [0.25, 0.3) is 5.69 Å². The van der Waals surface area contributed by atoms with Crippen molar-refractivity contribution < 1.29 is 9.66 Å². The van der Waals surface area contributed by atoms with Crippen LogP contribution < -0.4 is 4.74 Å². The molecule has 2 rings (SSSR count). The van der Waals surface area contributed by atoms with Crippen LogP contribution in [0.3, 0.4) is 0 Å². The Balaban J connectivity index is 2.18. The second-order valence-corrected chi connectivity index (χ2v) is 5.75. The zero-order valence-corrected chi connectivity index (χ0v) is 13.4. The van der Waals surface area contributed by atoms with E-state index in [1.165, 1.54) is 6.07 Å². The third-order valence-electron chi connectivity index (χ3n) is 3.38. The molecule has 0 saturated carbocycles. The highest BCUT2D eigenvalue weighted by atomic mass is 79.9. The van der Waals surface area contributed by atoms with E-state index in [4.69, 9.17) is 4.74 Å². The fourth-order valence-electron chi connectivity index (χ4n) is 2.11. The summed E-state index contributed by atoms with van der Waals surface area (Å²) in [5, 5.41) is 12.5. The molecule has 1 unspecified atom stereocenters. The molecule has 0 fully saturated rings. The molecule has 0 amide bonds. The standard InChI is InChI=1S/C15H17BrN2O3/c1-11(6-8-16)7-10-21-14-5-4-13(18(19)20)12-3-2-9-17-15(12)14/h2-5,9,11H,6-8,10H2,1H3. The third kappa shape index (κ3) is 3.91. The Hall–Kier alpha value is -1.69. The van der Waals surface area contributed by atoms with Gasteiger partial charge in [-0.15, -0.1) is 0 Å². The topological polar surface area (TPSA) is 65.3 Å². The van der Waals surface area contributed by atoms with Crippen LogP contribution in [0.4, 0.5) is 5.69 Å². The lowest BCUT2D eigenvalue weighted by Crippen LogP contribution is -2.05. The van der Waals surface area contributed by atoms with Gasteiger partial charge in [0.05, 0.1) is 16.9 Å². The van der Waals surface area contributed by atoms with Gasteiger partial charge in [0.1, 0.15) is 11.3 Å². The highest BCUT2D eigenvalue weighted by molar-refractivity contribution is 9.09. The van der Waals surface area contributed by atoms with Gasteiger partial charge in [-0.25, -0.2) is 0 Å². The second kappa shape index (κ2) is 7.36. The maximum absolute atomic E-state index is 11.0. The van der Waals surface area contributed by atoms with E-state index in [0.717, 1.165) is 18.2 Å². The summed E-state index contributed by atoms with van der Waals surface area (Å²) < 4.78 is 5.77. The summed E-state index contributed by atoms with van der Waals surface area (Å²) in [6.45, 7) is 2.76. The SMILES string of the molecule is CC(CCBr)CCOc1ccc([N+](=O)[O-])c2cccnc12. The number of hydrogen-bond donors (Lipinski definition) is 0. The first kappa shape index (κ1) is 15.7. The average Bonchev–Trinajstić information content (AvgIpc) is 2.47. The highest BCUT2D eigenvalue weighted by Gasteiger charge is 2.15. The molecule has 0 bridgehead atoms. The highest BCUT2D eigenvalue weighted by Crippen LogP contribution is 2.31. The van der Waals surface area contributed by atoms with E-state index in [0.29, 0.717) is 29.2 Å². The molecular weight excluding hydrogens is 336 g/mol. The largest absolute Gasteiger partial charge is 0.491 e. The van der Waals surface area contributed by atoms with Gasteiger partial charge in [0.2, 0.25) is 0 Å². The van der Waals surface area contributed by atoms with Gasteiger partial charge in [-0.2, -0.15) is 0 Å². The third-order valence-corrected chi connectivity index (χ3v) is 3.83. The van der Waals surface area contributed by atoms with Crippen LogP contribution in [0.25, 0.3) is 10.9 Å². The van der Waals surface area contributed by atoms with Crippen molar-refractivity contribution in [2.75, 3.05) is 11.9 Å². The number of fused-ring (bicyclic) bond motifs is 1. The van der Waals surface area contributed by atoms with E-state index >= 15 is 0 Å². The van der Waals surface area contributed by atoms with Crippen LogP contribution in [0.15, 0.2) is 30.5 Å². The molecule has 0 radical (unpaired) electrons. The van der Waals surface area contributed by atoms with Gasteiger partial charge in [0.15, 0.2) is 0 Å². The first-order chi connectivity index (χ1) is 10.1. The van der Waals surface area contributed by atoms with Crippen LogP contribution in [0.1, 0.15) is 19.8 Å². The lowest BCUT2D eigenvalue weighted by molar-refractivity contribution is -0.383.